The standard InChI is InChI=1S/C78H48N2O4/c1-5-21-49(22-6-1)57-29-13-17-33-61(57)53-37-41-65-69(45-53)81-75-73-77(83-70-46-54(38-42-66(70)79(65)73)62-34-18-14-30-58(62)50-23-7-2-8-24-50)78-74-76(75)82-71-47-55(63-35-19-15-31-59(63)51-25-9-3-10-26-51)39-43-67(71)80(74)68-44-40-56(48-72(68)84-78)64-36-20-16-32-60(64)52-27-11-4-12-28-52/h1-48H. The Morgan fingerprint density at radius 3 is 0.583 bits per heavy atom. The molecular formula is C78H48N2O4. The molecule has 0 fully saturated rings. The maximum absolute atomic E-state index is 7.47. The molecule has 0 bridgehead atoms. The zero-order chi connectivity index (χ0) is 55.2. The summed E-state index contributed by atoms with van der Waals surface area (Å²) in [6.07, 6.45) is 0. The number of benzene rings is 13. The molecule has 4 heterocycles. The van der Waals surface area contributed by atoms with Gasteiger partial charge in [-0.25, -0.2) is 0 Å². The monoisotopic (exact) mass is 1080 g/mol. The predicted octanol–water partition coefficient (Wildman–Crippen LogP) is 21.9. The highest BCUT2D eigenvalue weighted by atomic mass is 16.4. The first-order chi connectivity index (χ1) is 41.7. The molecule has 0 amide bonds. The number of hydrogen-bond donors (Lipinski definition) is 0. The first-order valence-electron chi connectivity index (χ1n) is 28.4. The van der Waals surface area contributed by atoms with Gasteiger partial charge in [0.15, 0.2) is 44.7 Å². The van der Waals surface area contributed by atoms with Crippen LogP contribution in [0.25, 0.3) is 167 Å². The molecule has 0 aliphatic heterocycles. The normalized spacial score (nSPS) is 11.8. The molecular weight excluding hydrogens is 1030 g/mol. The molecule has 0 saturated heterocycles. The van der Waals surface area contributed by atoms with Crippen molar-refractivity contribution in [2.45, 2.75) is 0 Å². The van der Waals surface area contributed by atoms with Gasteiger partial charge >= 0.3 is 0 Å². The van der Waals surface area contributed by atoms with Gasteiger partial charge in [-0.3, -0.25) is 8.80 Å². The molecule has 0 N–H and O–H groups in total. The molecule has 0 aliphatic carbocycles. The average molecular weight is 1080 g/mol. The summed E-state index contributed by atoms with van der Waals surface area (Å²) in [6, 6.07) is 103. The van der Waals surface area contributed by atoms with Gasteiger partial charge in [-0.05, 0) is 138 Å². The van der Waals surface area contributed by atoms with Gasteiger partial charge < -0.3 is 17.7 Å². The van der Waals surface area contributed by atoms with E-state index in [0.717, 1.165) is 111 Å². The molecule has 0 radical (unpaired) electrons. The van der Waals surface area contributed by atoms with Crippen LogP contribution in [0.5, 0.6) is 0 Å². The van der Waals surface area contributed by atoms with Crippen LogP contribution < -0.4 is 0 Å². The Kier molecular flexibility index (Phi) is 10.8. The number of aromatic nitrogens is 2. The van der Waals surface area contributed by atoms with E-state index >= 15 is 0 Å². The van der Waals surface area contributed by atoms with Gasteiger partial charge in [0.25, 0.3) is 0 Å². The van der Waals surface area contributed by atoms with Crippen LogP contribution in [0.2, 0.25) is 0 Å². The van der Waals surface area contributed by atoms with Crippen LogP contribution in [0.3, 0.4) is 0 Å². The van der Waals surface area contributed by atoms with Crippen LogP contribution in [-0.2, 0) is 0 Å². The number of nitrogens with zero attached hydrogens (tertiary/aromatic N) is 2. The zero-order valence-electron chi connectivity index (χ0n) is 45.2. The van der Waals surface area contributed by atoms with E-state index < -0.39 is 0 Å². The lowest BCUT2D eigenvalue weighted by atomic mass is 9.94. The van der Waals surface area contributed by atoms with Gasteiger partial charge in [0.2, 0.25) is 0 Å². The summed E-state index contributed by atoms with van der Waals surface area (Å²) >= 11 is 0. The highest BCUT2D eigenvalue weighted by molar-refractivity contribution is 6.20. The lowest BCUT2D eigenvalue weighted by Crippen LogP contribution is -2.02. The molecule has 0 spiro atoms. The van der Waals surface area contributed by atoms with E-state index in [1.54, 1.807) is 0 Å². The summed E-state index contributed by atoms with van der Waals surface area (Å²) in [5.41, 5.74) is 27.0. The van der Waals surface area contributed by atoms with E-state index in [2.05, 4.69) is 300 Å². The first kappa shape index (κ1) is 47.5. The Hall–Kier alpha value is -11.3. The maximum atomic E-state index is 7.47. The van der Waals surface area contributed by atoms with E-state index in [-0.39, 0.29) is 0 Å². The molecule has 394 valence electrons. The summed E-state index contributed by atoms with van der Waals surface area (Å²) in [4.78, 5) is 0. The van der Waals surface area contributed by atoms with Gasteiger partial charge in [-0.2, -0.15) is 0 Å². The van der Waals surface area contributed by atoms with Crippen molar-refractivity contribution in [3.8, 4) is 89.0 Å². The molecule has 84 heavy (non-hydrogen) atoms. The Morgan fingerprint density at radius 2 is 0.369 bits per heavy atom. The minimum Gasteiger partial charge on any atom is -0.449 e. The fourth-order valence-electron chi connectivity index (χ4n) is 12.8. The van der Waals surface area contributed by atoms with E-state index in [1.165, 1.54) is 0 Å². The topological polar surface area (TPSA) is 61.4 Å². The minimum atomic E-state index is 0.514. The average Bonchev–Trinajstić information content (AvgIpc) is 0.792. The predicted molar refractivity (Wildman–Crippen MR) is 344 cm³/mol. The van der Waals surface area contributed by atoms with Crippen molar-refractivity contribution in [3.63, 3.8) is 0 Å². The smallest absolute Gasteiger partial charge is 0.200 e. The number of rotatable bonds is 8. The molecule has 0 atom stereocenters. The molecule has 0 aliphatic rings. The van der Waals surface area contributed by atoms with Gasteiger partial charge in [0, 0.05) is 0 Å². The molecule has 0 saturated carbocycles. The third-order valence-electron chi connectivity index (χ3n) is 16.7. The lowest BCUT2D eigenvalue weighted by molar-refractivity contribution is 0.597. The number of hydrogen-bond acceptors (Lipinski definition) is 4. The molecule has 0 unspecified atom stereocenters. The largest absolute Gasteiger partial charge is 0.449 e. The fourth-order valence-corrected chi connectivity index (χ4v) is 12.8. The van der Waals surface area contributed by atoms with Crippen LogP contribution in [0, 0.1) is 0 Å². The molecule has 6 heteroatoms. The zero-order valence-corrected chi connectivity index (χ0v) is 45.2. The fraction of sp³-hybridized carbons (Fsp3) is 0. The van der Waals surface area contributed by atoms with E-state index in [9.17, 15) is 0 Å². The third kappa shape index (κ3) is 7.58. The SMILES string of the molecule is c1ccc(-c2ccccc2-c2ccc3c(c2)oc2c4oc5cc(-c6ccccc6-c6ccccc6)ccc5n5c6ccc(-c7ccccc7-c7ccccc7)cc6oc(c6oc7cc(-c8ccccc8-c8ccccc8)ccc7n3c26)c45)cc1. The summed E-state index contributed by atoms with van der Waals surface area (Å²) in [7, 11) is 0. The van der Waals surface area contributed by atoms with E-state index in [0.29, 0.717) is 55.7 Å². The van der Waals surface area contributed by atoms with Gasteiger partial charge in [-0.15, -0.1) is 0 Å². The van der Waals surface area contributed by atoms with E-state index in [1.807, 2.05) is 0 Å². The molecule has 17 rings (SSSR count). The van der Waals surface area contributed by atoms with Crippen LogP contribution in [0.15, 0.2) is 309 Å². The van der Waals surface area contributed by atoms with Crippen molar-refractivity contribution in [2.24, 2.45) is 0 Å². The van der Waals surface area contributed by atoms with Gasteiger partial charge in [0.1, 0.15) is 11.0 Å². The minimum absolute atomic E-state index is 0.514. The second-order valence-corrected chi connectivity index (χ2v) is 21.5. The van der Waals surface area contributed by atoms with Crippen molar-refractivity contribution in [2.75, 3.05) is 0 Å². The summed E-state index contributed by atoms with van der Waals surface area (Å²) in [6.45, 7) is 0. The summed E-state index contributed by atoms with van der Waals surface area (Å²) in [5.74, 6) is 0. The Morgan fingerprint density at radius 1 is 0.179 bits per heavy atom. The van der Waals surface area contributed by atoms with Gasteiger partial charge in [0.05, 0.1) is 22.1 Å². The Bertz CT molecular complexity index is 4810. The summed E-state index contributed by atoms with van der Waals surface area (Å²) < 4.78 is 34.4. The number of fused-ring (bicyclic) bond motifs is 10. The van der Waals surface area contributed by atoms with Crippen LogP contribution in [0.1, 0.15) is 0 Å². The highest BCUT2D eigenvalue weighted by Gasteiger charge is 2.28. The highest BCUT2D eigenvalue weighted by Crippen LogP contribution is 2.47. The third-order valence-corrected chi connectivity index (χ3v) is 16.7. The first-order valence-corrected chi connectivity index (χ1v) is 28.4. The summed E-state index contributed by atoms with van der Waals surface area (Å²) in [5, 5.41) is 0. The lowest BCUT2D eigenvalue weighted by Gasteiger charge is -2.20. The molecule has 13 aromatic carbocycles. The maximum Gasteiger partial charge on any atom is 0.200 e. The van der Waals surface area contributed by atoms with Crippen molar-refractivity contribution < 1.29 is 17.7 Å². The van der Waals surface area contributed by atoms with Gasteiger partial charge in [-0.1, -0.05) is 243 Å². The quantitative estimate of drug-likeness (QED) is 0.112. The molecule has 17 aromatic rings. The second kappa shape index (κ2) is 19.2. The van der Waals surface area contributed by atoms with Crippen LogP contribution in [0.4, 0.5) is 0 Å². The van der Waals surface area contributed by atoms with Crippen molar-refractivity contribution in [3.05, 3.63) is 291 Å². The Balaban J connectivity index is 1.01. The molecule has 4 aromatic heterocycles. The van der Waals surface area contributed by atoms with Crippen molar-refractivity contribution in [1.29, 1.82) is 0 Å². The van der Waals surface area contributed by atoms with E-state index in [4.69, 9.17) is 17.7 Å². The van der Waals surface area contributed by atoms with Crippen molar-refractivity contribution >= 4 is 77.8 Å². The van der Waals surface area contributed by atoms with Crippen LogP contribution >= 0.6 is 0 Å². The molecule has 6 nitrogen and oxygen atoms in total. The van der Waals surface area contributed by atoms with Crippen LogP contribution in [-0.4, -0.2) is 8.80 Å². The Labute approximate surface area is 481 Å². The van der Waals surface area contributed by atoms with Crippen molar-refractivity contribution in [1.82, 2.24) is 8.80 Å². The second-order valence-electron chi connectivity index (χ2n) is 21.5.